The Morgan fingerprint density at radius 2 is 1.15 bits per heavy atom. The number of phenols is 1. The highest BCUT2D eigenvalue weighted by Gasteiger charge is 2.19. The number of hydrogen-bond donors (Lipinski definition) is 1. The van der Waals surface area contributed by atoms with Crippen molar-refractivity contribution in [2.75, 3.05) is 0 Å². The maximum absolute atomic E-state index is 10.7. The Hall–Kier alpha value is -2.36. The molecule has 6 rings (SSSR count). The topological polar surface area (TPSA) is 20.2 Å². The quantitative estimate of drug-likeness (QED) is 0.229. The van der Waals surface area contributed by atoms with Crippen molar-refractivity contribution in [2.45, 2.75) is 49.2 Å². The SMILES string of the molecule is CC(C)(C)c1cc2ccc3c4cc(c5ccc(c1)c2c35)CSCc1cccc(c1O)CSC4. The van der Waals surface area contributed by atoms with Crippen molar-refractivity contribution in [3.05, 3.63) is 88.5 Å². The molecule has 166 valence electrons. The molecule has 1 heterocycles. The molecule has 0 atom stereocenters. The number of aromatic hydroxyl groups is 1. The summed E-state index contributed by atoms with van der Waals surface area (Å²) in [5.74, 6) is 4.04. The van der Waals surface area contributed by atoms with Gasteiger partial charge in [-0.2, -0.15) is 23.5 Å². The number of rotatable bonds is 0. The molecule has 0 spiro atoms. The third-order valence-corrected chi connectivity index (χ3v) is 9.05. The van der Waals surface area contributed by atoms with Crippen molar-refractivity contribution in [2.24, 2.45) is 0 Å². The van der Waals surface area contributed by atoms with E-state index >= 15 is 0 Å². The first kappa shape index (κ1) is 21.2. The lowest BCUT2D eigenvalue weighted by Gasteiger charge is -2.23. The zero-order valence-corrected chi connectivity index (χ0v) is 21.0. The first-order chi connectivity index (χ1) is 15.9. The summed E-state index contributed by atoms with van der Waals surface area (Å²) in [6.07, 6.45) is 0. The van der Waals surface area contributed by atoms with Crippen LogP contribution in [0.3, 0.4) is 0 Å². The summed E-state index contributed by atoms with van der Waals surface area (Å²) in [5.41, 5.74) is 6.44. The van der Waals surface area contributed by atoms with Gasteiger partial charge in [-0.1, -0.05) is 81.4 Å². The second kappa shape index (κ2) is 7.85. The van der Waals surface area contributed by atoms with Crippen LogP contribution in [0.5, 0.6) is 5.75 Å². The fraction of sp³-hybridized carbons (Fsp3) is 0.267. The zero-order valence-electron chi connectivity index (χ0n) is 19.4. The van der Waals surface area contributed by atoms with E-state index in [0.29, 0.717) is 5.75 Å². The van der Waals surface area contributed by atoms with Gasteiger partial charge >= 0.3 is 0 Å². The number of hydrogen-bond acceptors (Lipinski definition) is 3. The minimum atomic E-state index is 0.128. The third kappa shape index (κ3) is 3.57. The van der Waals surface area contributed by atoms with Crippen LogP contribution < -0.4 is 0 Å². The normalized spacial score (nSPS) is 15.1. The van der Waals surface area contributed by atoms with Gasteiger partial charge in [0.2, 0.25) is 0 Å². The summed E-state index contributed by atoms with van der Waals surface area (Å²) in [7, 11) is 0. The highest BCUT2D eigenvalue weighted by atomic mass is 32.2. The van der Waals surface area contributed by atoms with Crippen LogP contribution in [0.15, 0.2) is 60.7 Å². The van der Waals surface area contributed by atoms with Gasteiger partial charge in [0, 0.05) is 34.1 Å². The van der Waals surface area contributed by atoms with E-state index in [9.17, 15) is 5.11 Å². The maximum atomic E-state index is 10.7. The molecular formula is C30H28OS2. The van der Waals surface area contributed by atoms with E-state index < -0.39 is 0 Å². The highest BCUT2D eigenvalue weighted by molar-refractivity contribution is 7.98. The van der Waals surface area contributed by atoms with Gasteiger partial charge in [0.1, 0.15) is 5.75 Å². The maximum Gasteiger partial charge on any atom is 0.123 e. The first-order valence-corrected chi connectivity index (χ1v) is 13.9. The molecule has 0 radical (unpaired) electrons. The number of phenolic OH excluding ortho intramolecular Hbond substituents is 1. The van der Waals surface area contributed by atoms with Gasteiger partial charge in [0.15, 0.2) is 0 Å². The van der Waals surface area contributed by atoms with Gasteiger partial charge in [0.05, 0.1) is 0 Å². The Bertz CT molecular complexity index is 1410. The standard InChI is InChI=1S/C30H28OS2/c1-30(2,3)24-12-18-7-9-25-22-11-23(26-10-8-19(13-24)27(18)28(25)26)17-33-15-21-6-4-5-20(29(21)31)14-32-16-22/h4-13,31H,14-17H2,1-3H3. The summed E-state index contributed by atoms with van der Waals surface area (Å²) in [6, 6.07) is 22.8. The number of benzene rings is 5. The molecule has 1 N–H and O–H groups in total. The van der Waals surface area contributed by atoms with Crippen molar-refractivity contribution in [1.82, 2.24) is 0 Å². The monoisotopic (exact) mass is 468 g/mol. The van der Waals surface area contributed by atoms with Crippen LogP contribution in [0.2, 0.25) is 0 Å². The third-order valence-electron chi connectivity index (χ3n) is 6.99. The van der Waals surface area contributed by atoms with Crippen molar-refractivity contribution in [1.29, 1.82) is 0 Å². The van der Waals surface area contributed by atoms with Gasteiger partial charge in [0.25, 0.3) is 0 Å². The second-order valence-electron chi connectivity index (χ2n) is 10.3. The molecule has 1 aliphatic heterocycles. The Morgan fingerprint density at radius 1 is 0.636 bits per heavy atom. The van der Waals surface area contributed by atoms with Crippen LogP contribution in [-0.2, 0) is 28.4 Å². The predicted octanol–water partition coefficient (Wildman–Crippen LogP) is 8.77. The van der Waals surface area contributed by atoms with Crippen LogP contribution in [0.25, 0.3) is 32.3 Å². The number of fused-ring (bicyclic) bond motifs is 6. The fourth-order valence-corrected chi connectivity index (χ4v) is 7.19. The predicted molar refractivity (Wildman–Crippen MR) is 147 cm³/mol. The smallest absolute Gasteiger partial charge is 0.123 e. The molecule has 0 unspecified atom stereocenters. The molecule has 33 heavy (non-hydrogen) atoms. The molecule has 4 bridgehead atoms. The van der Waals surface area contributed by atoms with Crippen LogP contribution in [0, 0.1) is 0 Å². The van der Waals surface area contributed by atoms with E-state index in [-0.39, 0.29) is 5.41 Å². The Kier molecular flexibility index (Phi) is 5.04. The lowest BCUT2D eigenvalue weighted by Crippen LogP contribution is -2.10. The summed E-state index contributed by atoms with van der Waals surface area (Å²) in [4.78, 5) is 0. The van der Waals surface area contributed by atoms with Gasteiger partial charge in [-0.15, -0.1) is 0 Å². The molecule has 5 aromatic carbocycles. The highest BCUT2D eigenvalue weighted by Crippen LogP contribution is 2.42. The van der Waals surface area contributed by atoms with Crippen molar-refractivity contribution in [3.63, 3.8) is 0 Å². The summed E-state index contributed by atoms with van der Waals surface area (Å²) in [6.45, 7) is 6.88. The molecule has 0 aromatic heterocycles. The van der Waals surface area contributed by atoms with E-state index in [1.54, 1.807) is 0 Å². The van der Waals surface area contributed by atoms with Crippen LogP contribution in [0.1, 0.15) is 48.6 Å². The van der Waals surface area contributed by atoms with Gasteiger partial charge in [-0.05, 0) is 54.4 Å². The van der Waals surface area contributed by atoms with Crippen molar-refractivity contribution >= 4 is 55.8 Å². The van der Waals surface area contributed by atoms with Crippen LogP contribution >= 0.6 is 23.5 Å². The Labute approximate surface area is 203 Å². The van der Waals surface area contributed by atoms with Gasteiger partial charge < -0.3 is 5.11 Å². The first-order valence-electron chi connectivity index (χ1n) is 11.6. The Morgan fingerprint density at radius 3 is 1.67 bits per heavy atom. The minimum Gasteiger partial charge on any atom is -0.507 e. The molecule has 0 saturated heterocycles. The lowest BCUT2D eigenvalue weighted by atomic mass is 9.82. The molecule has 0 saturated carbocycles. The molecule has 3 heteroatoms. The van der Waals surface area contributed by atoms with E-state index in [2.05, 4.69) is 81.4 Å². The van der Waals surface area contributed by atoms with Gasteiger partial charge in [-0.25, -0.2) is 0 Å². The van der Waals surface area contributed by atoms with E-state index in [0.717, 1.165) is 34.1 Å². The molecule has 1 nitrogen and oxygen atoms in total. The summed E-state index contributed by atoms with van der Waals surface area (Å²) >= 11 is 3.79. The number of para-hydroxylation sites is 1. The van der Waals surface area contributed by atoms with E-state index in [1.165, 1.54) is 49.0 Å². The summed E-state index contributed by atoms with van der Waals surface area (Å²) < 4.78 is 0. The zero-order chi connectivity index (χ0) is 22.7. The average Bonchev–Trinajstić information content (AvgIpc) is 2.79. The average molecular weight is 469 g/mol. The molecule has 0 amide bonds. The molecule has 0 fully saturated rings. The van der Waals surface area contributed by atoms with Crippen molar-refractivity contribution in [3.8, 4) is 5.75 Å². The molecular weight excluding hydrogens is 440 g/mol. The minimum absolute atomic E-state index is 0.128. The molecule has 1 aliphatic rings. The van der Waals surface area contributed by atoms with Crippen LogP contribution in [-0.4, -0.2) is 5.11 Å². The number of thioether (sulfide) groups is 2. The summed E-state index contributed by atoms with van der Waals surface area (Å²) in [5, 5.41) is 19.0. The Balaban J connectivity index is 1.57. The largest absolute Gasteiger partial charge is 0.507 e. The fourth-order valence-electron chi connectivity index (χ4n) is 5.16. The molecule has 5 aromatic rings. The van der Waals surface area contributed by atoms with Gasteiger partial charge in [-0.3, -0.25) is 0 Å². The van der Waals surface area contributed by atoms with Crippen molar-refractivity contribution < 1.29 is 5.11 Å². The van der Waals surface area contributed by atoms with Crippen LogP contribution in [0.4, 0.5) is 0 Å². The van der Waals surface area contributed by atoms with E-state index in [1.807, 2.05) is 23.5 Å². The van der Waals surface area contributed by atoms with E-state index in [4.69, 9.17) is 0 Å². The molecule has 0 aliphatic carbocycles. The second-order valence-corrected chi connectivity index (χ2v) is 12.2. The lowest BCUT2D eigenvalue weighted by molar-refractivity contribution is 0.466.